The topological polar surface area (TPSA) is 72.0 Å². The maximum atomic E-state index is 12.6. The van der Waals surface area contributed by atoms with Crippen molar-refractivity contribution in [2.24, 2.45) is 5.92 Å². The molecular formula is C14H16ClN3O2S. The average Bonchev–Trinajstić information content (AvgIpc) is 2.47. The van der Waals surface area contributed by atoms with E-state index in [1.165, 1.54) is 0 Å². The van der Waals surface area contributed by atoms with Crippen LogP contribution >= 0.6 is 11.6 Å². The zero-order chi connectivity index (χ0) is 14.9. The standard InChI is InChI=1S/C14H16ClN3O2S/c15-13-14(18-12-6-2-1-5-11(12)17-13)21(19,20)9-10-4-3-7-16-8-10/h1-2,5-6,10,16H,3-4,7-9H2/t10-/m1/s1. The number of nitrogens with zero attached hydrogens (tertiary/aromatic N) is 2. The first-order valence-corrected chi connectivity index (χ1v) is 8.95. The van der Waals surface area contributed by atoms with Gasteiger partial charge in [-0.25, -0.2) is 18.4 Å². The summed E-state index contributed by atoms with van der Waals surface area (Å²) in [4.78, 5) is 8.35. The smallest absolute Gasteiger partial charge is 0.199 e. The molecule has 0 unspecified atom stereocenters. The normalized spacial score (nSPS) is 19.8. The van der Waals surface area contributed by atoms with Gasteiger partial charge in [-0.3, -0.25) is 0 Å². The number of piperidine rings is 1. The van der Waals surface area contributed by atoms with Crippen LogP contribution in [0.3, 0.4) is 0 Å². The SMILES string of the molecule is O=S(=O)(C[C@@H]1CCCNC1)c1nc2ccccc2nc1Cl. The van der Waals surface area contributed by atoms with Gasteiger partial charge in [0.15, 0.2) is 20.0 Å². The van der Waals surface area contributed by atoms with Crippen LogP contribution in [0.2, 0.25) is 5.15 Å². The highest BCUT2D eigenvalue weighted by Gasteiger charge is 2.27. The van der Waals surface area contributed by atoms with Crippen molar-refractivity contribution in [2.75, 3.05) is 18.8 Å². The van der Waals surface area contributed by atoms with Crippen LogP contribution in [0.5, 0.6) is 0 Å². The van der Waals surface area contributed by atoms with Gasteiger partial charge in [-0.2, -0.15) is 0 Å². The van der Waals surface area contributed by atoms with E-state index in [1.54, 1.807) is 18.2 Å². The predicted octanol–water partition coefficient (Wildman–Crippen LogP) is 2.06. The Morgan fingerprint density at radius 2 is 1.95 bits per heavy atom. The van der Waals surface area contributed by atoms with Crippen LogP contribution in [0.1, 0.15) is 12.8 Å². The molecule has 0 aliphatic carbocycles. The summed E-state index contributed by atoms with van der Waals surface area (Å²) < 4.78 is 25.1. The lowest BCUT2D eigenvalue weighted by molar-refractivity contribution is 0.403. The van der Waals surface area contributed by atoms with Crippen molar-refractivity contribution in [1.29, 1.82) is 0 Å². The zero-order valence-corrected chi connectivity index (χ0v) is 13.0. The summed E-state index contributed by atoms with van der Waals surface area (Å²) in [5, 5.41) is 3.07. The van der Waals surface area contributed by atoms with Gasteiger partial charge in [0.2, 0.25) is 0 Å². The van der Waals surface area contributed by atoms with Gasteiger partial charge in [0.05, 0.1) is 16.8 Å². The summed E-state index contributed by atoms with van der Waals surface area (Å²) in [6.07, 6.45) is 1.90. The quantitative estimate of drug-likeness (QED) is 0.935. The third kappa shape index (κ3) is 3.17. The number of rotatable bonds is 3. The number of nitrogens with one attached hydrogen (secondary N) is 1. The number of fused-ring (bicyclic) bond motifs is 1. The van der Waals surface area contributed by atoms with E-state index in [0.717, 1.165) is 25.9 Å². The minimum absolute atomic E-state index is 0.0440. The third-order valence-corrected chi connectivity index (χ3v) is 5.81. The Kier molecular flexibility index (Phi) is 4.10. The molecule has 7 heteroatoms. The second kappa shape index (κ2) is 5.87. The Morgan fingerprint density at radius 3 is 2.62 bits per heavy atom. The molecule has 0 bridgehead atoms. The van der Waals surface area contributed by atoms with Crippen molar-refractivity contribution < 1.29 is 8.42 Å². The molecule has 2 heterocycles. The van der Waals surface area contributed by atoms with Crippen molar-refractivity contribution >= 4 is 32.5 Å². The molecule has 2 aromatic rings. The highest BCUT2D eigenvalue weighted by molar-refractivity contribution is 7.91. The summed E-state index contributed by atoms with van der Waals surface area (Å²) in [7, 11) is -3.53. The van der Waals surface area contributed by atoms with Crippen molar-refractivity contribution in [1.82, 2.24) is 15.3 Å². The molecule has 0 amide bonds. The largest absolute Gasteiger partial charge is 0.316 e. The molecule has 1 aliphatic rings. The zero-order valence-electron chi connectivity index (χ0n) is 11.4. The monoisotopic (exact) mass is 325 g/mol. The van der Waals surface area contributed by atoms with Crippen LogP contribution in [-0.4, -0.2) is 37.2 Å². The van der Waals surface area contributed by atoms with Crippen LogP contribution in [-0.2, 0) is 9.84 Å². The fourth-order valence-corrected chi connectivity index (χ4v) is 4.70. The molecule has 1 saturated heterocycles. The summed E-state index contributed by atoms with van der Waals surface area (Å²) in [5.41, 5.74) is 1.14. The highest BCUT2D eigenvalue weighted by Crippen LogP contribution is 2.24. The van der Waals surface area contributed by atoms with Crippen LogP contribution in [0.4, 0.5) is 0 Å². The summed E-state index contributed by atoms with van der Waals surface area (Å²) in [5.74, 6) is 0.167. The maximum Gasteiger partial charge on any atom is 0.199 e. The third-order valence-electron chi connectivity index (χ3n) is 3.65. The Morgan fingerprint density at radius 1 is 1.24 bits per heavy atom. The van der Waals surface area contributed by atoms with E-state index >= 15 is 0 Å². The predicted molar refractivity (Wildman–Crippen MR) is 82.2 cm³/mol. The molecule has 0 spiro atoms. The molecule has 1 fully saturated rings. The lowest BCUT2D eigenvalue weighted by atomic mass is 10.0. The van der Waals surface area contributed by atoms with Gasteiger partial charge < -0.3 is 5.32 Å². The summed E-state index contributed by atoms with van der Waals surface area (Å²) in [6, 6.07) is 7.11. The molecule has 3 rings (SSSR count). The van der Waals surface area contributed by atoms with Gasteiger partial charge in [0, 0.05) is 0 Å². The van der Waals surface area contributed by atoms with Crippen molar-refractivity contribution in [2.45, 2.75) is 17.9 Å². The molecule has 112 valence electrons. The molecule has 1 aromatic carbocycles. The second-order valence-electron chi connectivity index (χ2n) is 5.30. The first-order chi connectivity index (χ1) is 10.1. The van der Waals surface area contributed by atoms with E-state index < -0.39 is 9.84 Å². The van der Waals surface area contributed by atoms with Crippen molar-refractivity contribution in [3.05, 3.63) is 29.4 Å². The molecule has 0 saturated carbocycles. The molecule has 1 N–H and O–H groups in total. The molecule has 21 heavy (non-hydrogen) atoms. The van der Waals surface area contributed by atoms with Gasteiger partial charge in [0.1, 0.15) is 0 Å². The number of hydrogen-bond donors (Lipinski definition) is 1. The minimum atomic E-state index is -3.53. The van der Waals surface area contributed by atoms with E-state index in [-0.39, 0.29) is 21.8 Å². The maximum absolute atomic E-state index is 12.6. The van der Waals surface area contributed by atoms with E-state index in [2.05, 4.69) is 15.3 Å². The number of halogens is 1. The van der Waals surface area contributed by atoms with E-state index in [4.69, 9.17) is 11.6 Å². The molecular weight excluding hydrogens is 310 g/mol. The fourth-order valence-electron chi connectivity index (χ4n) is 2.62. The first-order valence-electron chi connectivity index (χ1n) is 6.92. The van der Waals surface area contributed by atoms with Gasteiger partial charge in [-0.15, -0.1) is 0 Å². The van der Waals surface area contributed by atoms with Crippen LogP contribution in [0.25, 0.3) is 11.0 Å². The summed E-state index contributed by atoms with van der Waals surface area (Å²) >= 11 is 6.04. The minimum Gasteiger partial charge on any atom is -0.316 e. The number of hydrogen-bond acceptors (Lipinski definition) is 5. The Labute approximate surface area is 128 Å². The van der Waals surface area contributed by atoms with Crippen LogP contribution in [0.15, 0.2) is 29.3 Å². The average molecular weight is 326 g/mol. The van der Waals surface area contributed by atoms with E-state index in [0.29, 0.717) is 11.0 Å². The van der Waals surface area contributed by atoms with Crippen LogP contribution < -0.4 is 5.32 Å². The summed E-state index contributed by atoms with van der Waals surface area (Å²) in [6.45, 7) is 1.67. The fraction of sp³-hybridized carbons (Fsp3) is 0.429. The van der Waals surface area contributed by atoms with Gasteiger partial charge in [-0.1, -0.05) is 23.7 Å². The Bertz CT molecular complexity index is 758. The van der Waals surface area contributed by atoms with E-state index in [1.807, 2.05) is 6.07 Å². The Hall–Kier alpha value is -1.24. The van der Waals surface area contributed by atoms with Crippen LogP contribution in [0, 0.1) is 5.92 Å². The second-order valence-corrected chi connectivity index (χ2v) is 7.61. The highest BCUT2D eigenvalue weighted by atomic mass is 35.5. The number of aromatic nitrogens is 2. The lowest BCUT2D eigenvalue weighted by Gasteiger charge is -2.22. The molecule has 0 radical (unpaired) electrons. The van der Waals surface area contributed by atoms with Crippen molar-refractivity contribution in [3.8, 4) is 0 Å². The molecule has 5 nitrogen and oxygen atoms in total. The van der Waals surface area contributed by atoms with Gasteiger partial charge in [0.25, 0.3) is 0 Å². The van der Waals surface area contributed by atoms with Crippen molar-refractivity contribution in [3.63, 3.8) is 0 Å². The molecule has 1 aliphatic heterocycles. The van der Waals surface area contributed by atoms with Gasteiger partial charge in [-0.05, 0) is 44.0 Å². The molecule has 1 aromatic heterocycles. The van der Waals surface area contributed by atoms with Gasteiger partial charge >= 0.3 is 0 Å². The van der Waals surface area contributed by atoms with E-state index in [9.17, 15) is 8.42 Å². The number of para-hydroxylation sites is 2. The first kappa shape index (κ1) is 14.7. The number of benzene rings is 1. The lowest BCUT2D eigenvalue weighted by Crippen LogP contribution is -2.34. The number of sulfone groups is 1. The Balaban J connectivity index is 1.95. The molecule has 1 atom stereocenters.